The summed E-state index contributed by atoms with van der Waals surface area (Å²) in [5, 5.41) is 8.06. The van der Waals surface area contributed by atoms with Gasteiger partial charge >= 0.3 is 0 Å². The van der Waals surface area contributed by atoms with Crippen LogP contribution < -0.4 is 5.32 Å². The average molecular weight is 253 g/mol. The smallest absolute Gasteiger partial charge is 0.0115 e. The maximum absolute atomic E-state index is 3.62. The van der Waals surface area contributed by atoms with Crippen LogP contribution in [-0.4, -0.2) is 12.6 Å². The minimum Gasteiger partial charge on any atom is -0.314 e. The molecule has 1 nitrogen and oxygen atoms in total. The molecular weight excluding hydrogens is 226 g/mol. The van der Waals surface area contributed by atoms with Crippen molar-refractivity contribution in [3.63, 3.8) is 0 Å². The van der Waals surface area contributed by atoms with Crippen LogP contribution in [0.15, 0.2) is 16.8 Å². The molecule has 0 aliphatic carbocycles. The molecule has 0 aliphatic rings. The van der Waals surface area contributed by atoms with Gasteiger partial charge in [-0.25, -0.2) is 0 Å². The SMILES string of the molecule is CCNC(CCCCc1ccsc1)C(C)(C)C. The molecule has 0 saturated heterocycles. The molecule has 2 heteroatoms. The number of thiophene rings is 1. The fourth-order valence-electron chi connectivity index (χ4n) is 2.20. The maximum atomic E-state index is 3.62. The summed E-state index contributed by atoms with van der Waals surface area (Å²) in [7, 11) is 0. The van der Waals surface area contributed by atoms with Gasteiger partial charge in [0.1, 0.15) is 0 Å². The topological polar surface area (TPSA) is 12.0 Å². The number of unbranched alkanes of at least 4 members (excludes halogenated alkanes) is 1. The Kier molecular flexibility index (Phi) is 6.21. The van der Waals surface area contributed by atoms with E-state index in [9.17, 15) is 0 Å². The van der Waals surface area contributed by atoms with E-state index in [1.165, 1.54) is 31.2 Å². The lowest BCUT2D eigenvalue weighted by Gasteiger charge is -2.31. The van der Waals surface area contributed by atoms with Crippen LogP contribution in [0.1, 0.15) is 52.5 Å². The fourth-order valence-corrected chi connectivity index (χ4v) is 2.90. The van der Waals surface area contributed by atoms with Crippen LogP contribution in [0.2, 0.25) is 0 Å². The summed E-state index contributed by atoms with van der Waals surface area (Å²) in [4.78, 5) is 0. The minimum atomic E-state index is 0.373. The van der Waals surface area contributed by atoms with Crippen LogP contribution in [0.3, 0.4) is 0 Å². The zero-order valence-corrected chi connectivity index (χ0v) is 12.6. The summed E-state index contributed by atoms with van der Waals surface area (Å²) < 4.78 is 0. The van der Waals surface area contributed by atoms with Crippen molar-refractivity contribution in [2.24, 2.45) is 5.41 Å². The molecule has 1 heterocycles. The number of hydrogen-bond donors (Lipinski definition) is 1. The Hall–Kier alpha value is -0.340. The van der Waals surface area contributed by atoms with E-state index in [4.69, 9.17) is 0 Å². The van der Waals surface area contributed by atoms with E-state index in [0.29, 0.717) is 11.5 Å². The van der Waals surface area contributed by atoms with Gasteiger partial charge in [-0.1, -0.05) is 34.1 Å². The Morgan fingerprint density at radius 3 is 2.59 bits per heavy atom. The first-order valence-corrected chi connectivity index (χ1v) is 7.72. The first kappa shape index (κ1) is 14.7. The summed E-state index contributed by atoms with van der Waals surface area (Å²) in [5.74, 6) is 0. The fraction of sp³-hybridized carbons (Fsp3) is 0.733. The van der Waals surface area contributed by atoms with E-state index in [-0.39, 0.29) is 0 Å². The van der Waals surface area contributed by atoms with Crippen molar-refractivity contribution >= 4 is 11.3 Å². The van der Waals surface area contributed by atoms with Crippen LogP contribution in [0.25, 0.3) is 0 Å². The number of hydrogen-bond acceptors (Lipinski definition) is 2. The molecule has 1 aromatic heterocycles. The molecular formula is C15H27NS. The molecule has 1 N–H and O–H groups in total. The van der Waals surface area contributed by atoms with Crippen LogP contribution in [0.4, 0.5) is 0 Å². The minimum absolute atomic E-state index is 0.373. The number of nitrogens with one attached hydrogen (secondary N) is 1. The third-order valence-electron chi connectivity index (χ3n) is 3.28. The highest BCUT2D eigenvalue weighted by Gasteiger charge is 2.22. The lowest BCUT2D eigenvalue weighted by atomic mass is 9.83. The van der Waals surface area contributed by atoms with E-state index >= 15 is 0 Å². The summed E-state index contributed by atoms with van der Waals surface area (Å²) >= 11 is 1.80. The van der Waals surface area contributed by atoms with Crippen molar-refractivity contribution in [1.82, 2.24) is 5.32 Å². The lowest BCUT2D eigenvalue weighted by molar-refractivity contribution is 0.253. The van der Waals surface area contributed by atoms with Gasteiger partial charge in [0.2, 0.25) is 0 Å². The highest BCUT2D eigenvalue weighted by molar-refractivity contribution is 7.07. The molecule has 1 rings (SSSR count). The molecule has 1 unspecified atom stereocenters. The Labute approximate surface area is 111 Å². The van der Waals surface area contributed by atoms with Crippen molar-refractivity contribution in [1.29, 1.82) is 0 Å². The van der Waals surface area contributed by atoms with Crippen LogP contribution in [0.5, 0.6) is 0 Å². The van der Waals surface area contributed by atoms with E-state index in [2.05, 4.69) is 49.8 Å². The second-order valence-corrected chi connectivity index (χ2v) is 6.63. The monoisotopic (exact) mass is 253 g/mol. The van der Waals surface area contributed by atoms with Crippen LogP contribution >= 0.6 is 11.3 Å². The highest BCUT2D eigenvalue weighted by Crippen LogP contribution is 2.23. The predicted molar refractivity (Wildman–Crippen MR) is 78.8 cm³/mol. The van der Waals surface area contributed by atoms with Gasteiger partial charge in [0.15, 0.2) is 0 Å². The Balaban J connectivity index is 2.23. The summed E-state index contributed by atoms with van der Waals surface area (Å²) in [6.07, 6.45) is 5.17. The molecule has 98 valence electrons. The molecule has 0 radical (unpaired) electrons. The van der Waals surface area contributed by atoms with Crippen molar-refractivity contribution in [3.05, 3.63) is 22.4 Å². The largest absolute Gasteiger partial charge is 0.314 e. The molecule has 0 bridgehead atoms. The van der Waals surface area contributed by atoms with Crippen LogP contribution in [0, 0.1) is 5.41 Å². The van der Waals surface area contributed by atoms with Crippen molar-refractivity contribution < 1.29 is 0 Å². The Bertz CT molecular complexity index is 284. The standard InChI is InChI=1S/C15H27NS/c1-5-16-14(15(2,3)4)9-7-6-8-13-10-11-17-12-13/h10-12,14,16H,5-9H2,1-4H3. The molecule has 1 atom stereocenters. The molecule has 0 amide bonds. The molecule has 0 aliphatic heterocycles. The van der Waals surface area contributed by atoms with Gasteiger partial charge < -0.3 is 5.32 Å². The molecule has 0 fully saturated rings. The van der Waals surface area contributed by atoms with Gasteiger partial charge in [-0.2, -0.15) is 11.3 Å². The van der Waals surface area contributed by atoms with Gasteiger partial charge in [-0.3, -0.25) is 0 Å². The Morgan fingerprint density at radius 1 is 1.29 bits per heavy atom. The molecule has 17 heavy (non-hydrogen) atoms. The highest BCUT2D eigenvalue weighted by atomic mass is 32.1. The summed E-state index contributed by atoms with van der Waals surface area (Å²) in [6.45, 7) is 10.3. The summed E-state index contributed by atoms with van der Waals surface area (Å²) in [5.41, 5.74) is 1.88. The van der Waals surface area contributed by atoms with Gasteiger partial charge in [-0.15, -0.1) is 0 Å². The van der Waals surface area contributed by atoms with Crippen molar-refractivity contribution in [2.75, 3.05) is 6.54 Å². The van der Waals surface area contributed by atoms with Gasteiger partial charge in [0.25, 0.3) is 0 Å². The zero-order valence-electron chi connectivity index (χ0n) is 11.8. The average Bonchev–Trinajstić information content (AvgIpc) is 2.74. The van der Waals surface area contributed by atoms with Crippen LogP contribution in [-0.2, 0) is 6.42 Å². The van der Waals surface area contributed by atoms with E-state index in [0.717, 1.165) is 6.54 Å². The predicted octanol–water partition coefficient (Wildman–Crippen LogP) is 4.49. The van der Waals surface area contributed by atoms with E-state index < -0.39 is 0 Å². The quantitative estimate of drug-likeness (QED) is 0.706. The molecule has 0 aromatic carbocycles. The second kappa shape index (κ2) is 7.17. The summed E-state index contributed by atoms with van der Waals surface area (Å²) in [6, 6.07) is 2.89. The second-order valence-electron chi connectivity index (χ2n) is 5.85. The van der Waals surface area contributed by atoms with E-state index in [1.54, 1.807) is 11.3 Å². The number of rotatable bonds is 7. The molecule has 0 spiro atoms. The third-order valence-corrected chi connectivity index (χ3v) is 4.02. The van der Waals surface area contributed by atoms with Crippen molar-refractivity contribution in [2.45, 2.75) is 59.4 Å². The molecule has 1 aromatic rings. The number of aryl methyl sites for hydroxylation is 1. The normalized spacial score (nSPS) is 13.9. The maximum Gasteiger partial charge on any atom is 0.0115 e. The van der Waals surface area contributed by atoms with Gasteiger partial charge in [0, 0.05) is 6.04 Å². The molecule has 0 saturated carbocycles. The first-order chi connectivity index (χ1) is 8.04. The third kappa shape index (κ3) is 5.69. The first-order valence-electron chi connectivity index (χ1n) is 6.78. The van der Waals surface area contributed by atoms with Crippen molar-refractivity contribution in [3.8, 4) is 0 Å². The van der Waals surface area contributed by atoms with Gasteiger partial charge in [-0.05, 0) is 53.6 Å². The lowest BCUT2D eigenvalue weighted by Crippen LogP contribution is -2.40. The Morgan fingerprint density at radius 2 is 2.06 bits per heavy atom. The van der Waals surface area contributed by atoms with E-state index in [1.807, 2.05) is 0 Å². The zero-order chi connectivity index (χ0) is 12.7. The van der Waals surface area contributed by atoms with Gasteiger partial charge in [0.05, 0.1) is 0 Å².